The van der Waals surface area contributed by atoms with E-state index in [1.807, 2.05) is 35.7 Å². The highest BCUT2D eigenvalue weighted by atomic mass is 35.5. The van der Waals surface area contributed by atoms with E-state index in [9.17, 15) is 0 Å². The number of hydrogen-bond acceptors (Lipinski definition) is 4. The molecule has 3 nitrogen and oxygen atoms in total. The molecule has 0 fully saturated rings. The van der Waals surface area contributed by atoms with Gasteiger partial charge in [0.05, 0.1) is 22.0 Å². The molecular weight excluding hydrogens is 373 g/mol. The van der Waals surface area contributed by atoms with Gasteiger partial charge in [-0.2, -0.15) is 5.10 Å². The minimum atomic E-state index is 0.507. The highest BCUT2D eigenvalue weighted by Crippen LogP contribution is 2.30. The van der Waals surface area contributed by atoms with E-state index in [0.717, 1.165) is 16.8 Å². The summed E-state index contributed by atoms with van der Waals surface area (Å²) in [6.45, 7) is 0. The fraction of sp³-hybridized carbons (Fsp3) is 0. The second kappa shape index (κ2) is 7.32. The molecule has 1 N–H and O–H groups in total. The second-order valence-electron chi connectivity index (χ2n) is 4.59. The summed E-state index contributed by atoms with van der Waals surface area (Å²) in [6.07, 6.45) is 1.70. The third kappa shape index (κ3) is 4.24. The van der Waals surface area contributed by atoms with E-state index < -0.39 is 0 Å². The van der Waals surface area contributed by atoms with E-state index in [1.54, 1.807) is 18.3 Å². The monoisotopic (exact) mass is 381 g/mol. The Morgan fingerprint density at radius 1 is 1.00 bits per heavy atom. The van der Waals surface area contributed by atoms with Crippen LogP contribution in [0.5, 0.6) is 0 Å². The molecule has 0 unspecified atom stereocenters. The summed E-state index contributed by atoms with van der Waals surface area (Å²) >= 11 is 19.2. The summed E-state index contributed by atoms with van der Waals surface area (Å²) in [7, 11) is 0. The topological polar surface area (TPSA) is 37.3 Å². The summed E-state index contributed by atoms with van der Waals surface area (Å²) in [5, 5.41) is 8.51. The molecule has 2 aromatic carbocycles. The van der Waals surface area contributed by atoms with Gasteiger partial charge in [-0.3, -0.25) is 5.43 Å². The van der Waals surface area contributed by atoms with Crippen LogP contribution in [0, 0.1) is 0 Å². The van der Waals surface area contributed by atoms with Crippen LogP contribution in [0.1, 0.15) is 5.56 Å². The zero-order valence-electron chi connectivity index (χ0n) is 11.6. The van der Waals surface area contributed by atoms with Gasteiger partial charge in [-0.1, -0.05) is 53.0 Å². The molecule has 0 saturated heterocycles. The molecule has 1 heterocycles. The fourth-order valence-electron chi connectivity index (χ4n) is 1.82. The van der Waals surface area contributed by atoms with Crippen LogP contribution in [-0.4, -0.2) is 11.2 Å². The third-order valence-corrected chi connectivity index (χ3v) is 4.70. The van der Waals surface area contributed by atoms with E-state index in [4.69, 9.17) is 34.8 Å². The first-order chi connectivity index (χ1) is 11.1. The van der Waals surface area contributed by atoms with Crippen molar-refractivity contribution in [2.45, 2.75) is 0 Å². The zero-order chi connectivity index (χ0) is 16.2. The van der Waals surface area contributed by atoms with Crippen LogP contribution in [0.25, 0.3) is 11.3 Å². The molecule has 0 atom stereocenters. The Bertz CT molecular complexity index is 844. The van der Waals surface area contributed by atoms with Gasteiger partial charge in [0.2, 0.25) is 5.13 Å². The van der Waals surface area contributed by atoms with Crippen molar-refractivity contribution in [1.82, 2.24) is 4.98 Å². The van der Waals surface area contributed by atoms with Crippen molar-refractivity contribution in [2.75, 3.05) is 5.43 Å². The standard InChI is InChI=1S/C16H10Cl3N3S/c17-12-4-1-10(2-5-12)8-20-22-16-21-15(9-23-16)11-3-6-13(18)14(19)7-11/h1-9H,(H,21,22)/b20-8+. The van der Waals surface area contributed by atoms with Gasteiger partial charge in [-0.25, -0.2) is 4.98 Å². The molecule has 0 amide bonds. The van der Waals surface area contributed by atoms with Crippen LogP contribution in [0.2, 0.25) is 15.1 Å². The largest absolute Gasteiger partial charge is 0.253 e. The predicted molar refractivity (Wildman–Crippen MR) is 100 cm³/mol. The minimum Gasteiger partial charge on any atom is -0.253 e. The maximum absolute atomic E-state index is 6.03. The van der Waals surface area contributed by atoms with Crippen LogP contribution in [-0.2, 0) is 0 Å². The van der Waals surface area contributed by atoms with Crippen molar-refractivity contribution >= 4 is 57.5 Å². The van der Waals surface area contributed by atoms with Crippen LogP contribution >= 0.6 is 46.1 Å². The molecule has 116 valence electrons. The lowest BCUT2D eigenvalue weighted by molar-refractivity contribution is 1.29. The highest BCUT2D eigenvalue weighted by molar-refractivity contribution is 7.14. The number of nitrogens with zero attached hydrogens (tertiary/aromatic N) is 2. The molecule has 0 aliphatic heterocycles. The van der Waals surface area contributed by atoms with Gasteiger partial charge in [0, 0.05) is 16.0 Å². The summed E-state index contributed by atoms with van der Waals surface area (Å²) in [5.74, 6) is 0. The molecule has 0 bridgehead atoms. The van der Waals surface area contributed by atoms with Crippen molar-refractivity contribution in [1.29, 1.82) is 0 Å². The van der Waals surface area contributed by atoms with Crippen molar-refractivity contribution in [2.24, 2.45) is 5.10 Å². The first-order valence-corrected chi connectivity index (χ1v) is 8.59. The molecule has 3 aromatic rings. The van der Waals surface area contributed by atoms with Crippen LogP contribution in [0.4, 0.5) is 5.13 Å². The van der Waals surface area contributed by atoms with E-state index in [2.05, 4.69) is 15.5 Å². The molecule has 23 heavy (non-hydrogen) atoms. The number of hydrogen-bond donors (Lipinski definition) is 1. The summed E-state index contributed by atoms with van der Waals surface area (Å²) in [5.41, 5.74) is 5.58. The number of hydrazone groups is 1. The number of anilines is 1. The molecule has 1 aromatic heterocycles. The molecular formula is C16H10Cl3N3S. The summed E-state index contributed by atoms with van der Waals surface area (Å²) < 4.78 is 0. The van der Waals surface area contributed by atoms with Gasteiger partial charge in [-0.15, -0.1) is 11.3 Å². The Balaban J connectivity index is 1.69. The number of aromatic nitrogens is 1. The first kappa shape index (κ1) is 16.3. The molecule has 0 saturated carbocycles. The Kier molecular flexibility index (Phi) is 5.18. The molecule has 7 heteroatoms. The first-order valence-electron chi connectivity index (χ1n) is 6.57. The maximum Gasteiger partial charge on any atom is 0.203 e. The lowest BCUT2D eigenvalue weighted by Gasteiger charge is -1.99. The number of rotatable bonds is 4. The van der Waals surface area contributed by atoms with E-state index in [-0.39, 0.29) is 0 Å². The molecule has 0 aliphatic rings. The molecule has 0 spiro atoms. The van der Waals surface area contributed by atoms with Gasteiger partial charge < -0.3 is 0 Å². The number of nitrogens with one attached hydrogen (secondary N) is 1. The number of halogens is 3. The van der Waals surface area contributed by atoms with Crippen molar-refractivity contribution in [3.63, 3.8) is 0 Å². The smallest absolute Gasteiger partial charge is 0.203 e. The Hall–Kier alpha value is -1.59. The lowest BCUT2D eigenvalue weighted by Crippen LogP contribution is -1.90. The molecule has 0 radical (unpaired) electrons. The van der Waals surface area contributed by atoms with Gasteiger partial charge in [0.25, 0.3) is 0 Å². The van der Waals surface area contributed by atoms with Crippen LogP contribution < -0.4 is 5.43 Å². The van der Waals surface area contributed by atoms with Crippen LogP contribution in [0.3, 0.4) is 0 Å². The fourth-order valence-corrected chi connectivity index (χ4v) is 2.92. The normalized spacial score (nSPS) is 11.1. The van der Waals surface area contributed by atoms with Gasteiger partial charge in [-0.05, 0) is 29.8 Å². The molecule has 3 rings (SSSR count). The second-order valence-corrected chi connectivity index (χ2v) is 6.70. The quantitative estimate of drug-likeness (QED) is 0.430. The predicted octanol–water partition coefficient (Wildman–Crippen LogP) is 6.22. The number of thiazole rings is 1. The minimum absolute atomic E-state index is 0.507. The number of benzene rings is 2. The third-order valence-electron chi connectivity index (χ3n) is 2.96. The SMILES string of the molecule is Clc1ccc(/C=N/Nc2nc(-c3ccc(Cl)c(Cl)c3)cs2)cc1. The van der Waals surface area contributed by atoms with Gasteiger partial charge >= 0.3 is 0 Å². The van der Waals surface area contributed by atoms with Crippen molar-refractivity contribution < 1.29 is 0 Å². The Morgan fingerprint density at radius 3 is 2.52 bits per heavy atom. The lowest BCUT2D eigenvalue weighted by atomic mass is 10.2. The van der Waals surface area contributed by atoms with E-state index >= 15 is 0 Å². The Morgan fingerprint density at radius 2 is 1.78 bits per heavy atom. The van der Waals surface area contributed by atoms with E-state index in [0.29, 0.717) is 20.2 Å². The summed E-state index contributed by atoms with van der Waals surface area (Å²) in [4.78, 5) is 4.47. The van der Waals surface area contributed by atoms with Gasteiger partial charge in [0.15, 0.2) is 0 Å². The maximum atomic E-state index is 6.03. The van der Waals surface area contributed by atoms with Crippen molar-refractivity contribution in [3.8, 4) is 11.3 Å². The highest BCUT2D eigenvalue weighted by Gasteiger charge is 2.06. The summed E-state index contributed by atoms with van der Waals surface area (Å²) in [6, 6.07) is 12.8. The average Bonchev–Trinajstić information content (AvgIpc) is 3.01. The van der Waals surface area contributed by atoms with E-state index in [1.165, 1.54) is 11.3 Å². The average molecular weight is 383 g/mol. The zero-order valence-corrected chi connectivity index (χ0v) is 14.7. The van der Waals surface area contributed by atoms with Gasteiger partial charge in [0.1, 0.15) is 0 Å². The van der Waals surface area contributed by atoms with Crippen LogP contribution in [0.15, 0.2) is 52.9 Å². The van der Waals surface area contributed by atoms with Crippen molar-refractivity contribution in [3.05, 3.63) is 68.5 Å². The Labute approximate surface area is 152 Å². The molecule has 0 aliphatic carbocycles.